The second-order valence-corrected chi connectivity index (χ2v) is 6.24. The van der Waals surface area contributed by atoms with Crippen LogP contribution in [-0.2, 0) is 0 Å². The van der Waals surface area contributed by atoms with Crippen LogP contribution in [0.4, 0.5) is 11.8 Å². The average molecular weight is 277 g/mol. The van der Waals surface area contributed by atoms with E-state index in [1.54, 1.807) is 11.3 Å². The molecule has 2 unspecified atom stereocenters. The summed E-state index contributed by atoms with van der Waals surface area (Å²) in [5.74, 6) is 1.83. The van der Waals surface area contributed by atoms with E-state index in [1.165, 1.54) is 0 Å². The molecule has 2 aromatic heterocycles. The fourth-order valence-corrected chi connectivity index (χ4v) is 3.50. The summed E-state index contributed by atoms with van der Waals surface area (Å²) in [5, 5.41) is 6.67. The molecule has 19 heavy (non-hydrogen) atoms. The summed E-state index contributed by atoms with van der Waals surface area (Å²) in [4.78, 5) is 12.0. The van der Waals surface area contributed by atoms with Gasteiger partial charge in [0.1, 0.15) is 10.6 Å². The maximum Gasteiger partial charge on any atom is 0.223 e. The van der Waals surface area contributed by atoms with Gasteiger partial charge in [0.05, 0.1) is 5.39 Å². The topological polar surface area (TPSA) is 67.1 Å². The molecule has 0 aliphatic carbocycles. The van der Waals surface area contributed by atoms with Crippen LogP contribution in [0.15, 0.2) is 11.4 Å². The Kier molecular flexibility index (Phi) is 3.28. The van der Waals surface area contributed by atoms with E-state index in [0.717, 1.165) is 35.5 Å². The number of nitrogens with zero attached hydrogens (tertiary/aromatic N) is 3. The van der Waals surface area contributed by atoms with Gasteiger partial charge < -0.3 is 16.0 Å². The number of anilines is 2. The Morgan fingerprint density at radius 1 is 1.47 bits per heavy atom. The normalized spacial score (nSPS) is 24.7. The number of fused-ring (bicyclic) bond motifs is 1. The summed E-state index contributed by atoms with van der Waals surface area (Å²) in [5.41, 5.74) is 5.78. The third kappa shape index (κ3) is 2.50. The number of likely N-dealkylation sites (tertiary alicyclic amines) is 1. The molecule has 0 radical (unpaired) electrons. The number of piperidine rings is 1. The van der Waals surface area contributed by atoms with E-state index in [4.69, 9.17) is 5.73 Å². The summed E-state index contributed by atoms with van der Waals surface area (Å²) >= 11 is 1.60. The molecule has 0 spiro atoms. The lowest BCUT2D eigenvalue weighted by molar-refractivity contribution is 0.206. The summed E-state index contributed by atoms with van der Waals surface area (Å²) in [6, 6.07) is 2.51. The number of thiophene rings is 1. The van der Waals surface area contributed by atoms with Crippen molar-refractivity contribution in [2.24, 2.45) is 5.92 Å². The standard InChI is InChI=1S/C13H19N5S/c1-8-7-18(2)5-3-10(8)15-11-9-4-6-19-12(9)17-13(14)16-11/h4,6,8,10H,3,5,7H2,1-2H3,(H3,14,15,16,17). The first-order chi connectivity index (χ1) is 9.13. The number of nitrogens with one attached hydrogen (secondary N) is 1. The summed E-state index contributed by atoms with van der Waals surface area (Å²) in [6.07, 6.45) is 1.13. The molecule has 5 nitrogen and oxygen atoms in total. The zero-order valence-corrected chi connectivity index (χ0v) is 12.1. The van der Waals surface area contributed by atoms with E-state index in [2.05, 4.69) is 40.2 Å². The highest BCUT2D eigenvalue weighted by atomic mass is 32.1. The van der Waals surface area contributed by atoms with Crippen molar-refractivity contribution in [2.75, 3.05) is 31.2 Å². The molecule has 6 heteroatoms. The van der Waals surface area contributed by atoms with Crippen LogP contribution in [0.2, 0.25) is 0 Å². The van der Waals surface area contributed by atoms with Gasteiger partial charge in [-0.1, -0.05) is 6.92 Å². The van der Waals surface area contributed by atoms with Crippen LogP contribution in [0.25, 0.3) is 10.2 Å². The minimum Gasteiger partial charge on any atom is -0.368 e. The number of hydrogen-bond donors (Lipinski definition) is 2. The molecule has 0 saturated carbocycles. The van der Waals surface area contributed by atoms with E-state index < -0.39 is 0 Å². The highest BCUT2D eigenvalue weighted by Crippen LogP contribution is 2.28. The summed E-state index contributed by atoms with van der Waals surface area (Å²) in [6.45, 7) is 4.52. The van der Waals surface area contributed by atoms with Crippen LogP contribution in [0.5, 0.6) is 0 Å². The lowest BCUT2D eigenvalue weighted by atomic mass is 9.94. The zero-order chi connectivity index (χ0) is 13.4. The maximum atomic E-state index is 5.78. The predicted octanol–water partition coefficient (Wildman–Crippen LogP) is 2.03. The first kappa shape index (κ1) is 12.6. The van der Waals surface area contributed by atoms with Crippen molar-refractivity contribution in [3.8, 4) is 0 Å². The lowest BCUT2D eigenvalue weighted by Crippen LogP contribution is -2.43. The minimum absolute atomic E-state index is 0.345. The minimum atomic E-state index is 0.345. The number of aromatic nitrogens is 2. The summed E-state index contributed by atoms with van der Waals surface area (Å²) in [7, 11) is 2.17. The van der Waals surface area contributed by atoms with Crippen molar-refractivity contribution in [3.05, 3.63) is 11.4 Å². The quantitative estimate of drug-likeness (QED) is 0.879. The highest BCUT2D eigenvalue weighted by Gasteiger charge is 2.25. The SMILES string of the molecule is CC1CN(C)CCC1Nc1nc(N)nc2sccc12. The molecule has 2 atom stereocenters. The van der Waals surface area contributed by atoms with Gasteiger partial charge in [0, 0.05) is 12.6 Å². The molecular weight excluding hydrogens is 258 g/mol. The van der Waals surface area contributed by atoms with Gasteiger partial charge in [0.15, 0.2) is 0 Å². The van der Waals surface area contributed by atoms with E-state index in [0.29, 0.717) is 17.9 Å². The highest BCUT2D eigenvalue weighted by molar-refractivity contribution is 7.16. The molecule has 2 aromatic rings. The lowest BCUT2D eigenvalue weighted by Gasteiger charge is -2.35. The third-order valence-corrected chi connectivity index (χ3v) is 4.58. The molecule has 0 amide bonds. The van der Waals surface area contributed by atoms with Crippen LogP contribution in [-0.4, -0.2) is 41.0 Å². The molecule has 1 saturated heterocycles. The largest absolute Gasteiger partial charge is 0.368 e. The smallest absolute Gasteiger partial charge is 0.223 e. The van der Waals surface area contributed by atoms with E-state index in [9.17, 15) is 0 Å². The van der Waals surface area contributed by atoms with Gasteiger partial charge in [0.25, 0.3) is 0 Å². The van der Waals surface area contributed by atoms with Gasteiger partial charge in [0.2, 0.25) is 5.95 Å². The van der Waals surface area contributed by atoms with E-state index >= 15 is 0 Å². The number of nitrogen functional groups attached to an aromatic ring is 1. The Bertz CT molecular complexity index is 581. The Hall–Kier alpha value is -1.40. The van der Waals surface area contributed by atoms with Gasteiger partial charge in [-0.25, -0.2) is 4.98 Å². The fraction of sp³-hybridized carbons (Fsp3) is 0.538. The molecule has 1 fully saturated rings. The second-order valence-electron chi connectivity index (χ2n) is 5.35. The number of nitrogens with two attached hydrogens (primary N) is 1. The van der Waals surface area contributed by atoms with E-state index in [1.807, 2.05) is 5.38 Å². The van der Waals surface area contributed by atoms with Crippen LogP contribution >= 0.6 is 11.3 Å². The Labute approximate surface area is 116 Å². The summed E-state index contributed by atoms with van der Waals surface area (Å²) < 4.78 is 0. The van der Waals surface area contributed by atoms with Crippen molar-refractivity contribution >= 4 is 33.3 Å². The van der Waals surface area contributed by atoms with Crippen molar-refractivity contribution < 1.29 is 0 Å². The van der Waals surface area contributed by atoms with Crippen molar-refractivity contribution in [1.82, 2.24) is 14.9 Å². The maximum absolute atomic E-state index is 5.78. The molecule has 0 aromatic carbocycles. The molecule has 1 aliphatic rings. The van der Waals surface area contributed by atoms with Gasteiger partial charge in [-0.3, -0.25) is 0 Å². The van der Waals surface area contributed by atoms with E-state index in [-0.39, 0.29) is 0 Å². The van der Waals surface area contributed by atoms with Gasteiger partial charge >= 0.3 is 0 Å². The van der Waals surface area contributed by atoms with Crippen LogP contribution in [0.3, 0.4) is 0 Å². The molecular formula is C13H19N5S. The molecule has 3 heterocycles. The molecule has 3 N–H and O–H groups in total. The van der Waals surface area contributed by atoms with Crippen molar-refractivity contribution in [2.45, 2.75) is 19.4 Å². The fourth-order valence-electron chi connectivity index (χ4n) is 2.73. The second kappa shape index (κ2) is 4.94. The first-order valence-electron chi connectivity index (χ1n) is 6.59. The van der Waals surface area contributed by atoms with Gasteiger partial charge in [-0.2, -0.15) is 4.98 Å². The monoisotopic (exact) mass is 277 g/mol. The number of rotatable bonds is 2. The molecule has 0 bridgehead atoms. The molecule has 3 rings (SSSR count). The average Bonchev–Trinajstić information content (AvgIpc) is 2.80. The van der Waals surface area contributed by atoms with Crippen LogP contribution in [0, 0.1) is 5.92 Å². The Balaban J connectivity index is 1.86. The Morgan fingerprint density at radius 2 is 2.32 bits per heavy atom. The third-order valence-electron chi connectivity index (χ3n) is 3.77. The van der Waals surface area contributed by atoms with Crippen molar-refractivity contribution in [3.63, 3.8) is 0 Å². The zero-order valence-electron chi connectivity index (χ0n) is 11.3. The van der Waals surface area contributed by atoms with Crippen molar-refractivity contribution in [1.29, 1.82) is 0 Å². The molecule has 1 aliphatic heterocycles. The predicted molar refractivity (Wildman–Crippen MR) is 80.5 cm³/mol. The van der Waals surface area contributed by atoms with Crippen LogP contribution < -0.4 is 11.1 Å². The first-order valence-corrected chi connectivity index (χ1v) is 7.47. The van der Waals surface area contributed by atoms with Gasteiger partial charge in [-0.05, 0) is 37.4 Å². The molecule has 102 valence electrons. The number of hydrogen-bond acceptors (Lipinski definition) is 6. The van der Waals surface area contributed by atoms with Gasteiger partial charge in [-0.15, -0.1) is 11.3 Å². The Morgan fingerprint density at radius 3 is 3.11 bits per heavy atom. The van der Waals surface area contributed by atoms with Crippen LogP contribution in [0.1, 0.15) is 13.3 Å².